The fraction of sp³-hybridized carbons (Fsp3) is 0.0769. The van der Waals surface area contributed by atoms with E-state index in [1.54, 1.807) is 31.4 Å². The van der Waals surface area contributed by atoms with Crippen LogP contribution in [0.5, 0.6) is 17.2 Å². The van der Waals surface area contributed by atoms with E-state index in [0.29, 0.717) is 17.2 Å². The van der Waals surface area contributed by atoms with Crippen LogP contribution < -0.4 is 9.47 Å². The van der Waals surface area contributed by atoms with E-state index < -0.39 is 4.92 Å². The number of nitrogens with zero attached hydrogens (tertiary/aromatic N) is 1. The third-order valence-corrected chi connectivity index (χ3v) is 2.34. The predicted octanol–water partition coefficient (Wildman–Crippen LogP) is 3.40. The van der Waals surface area contributed by atoms with Crippen LogP contribution in [-0.4, -0.2) is 12.0 Å². The number of ether oxygens (including phenoxy) is 2. The standard InChI is InChI=1S/C13H11NO4/c1-17-12-4-2-3-5-13(12)18-11-8-6-10(7-9-11)14(15)16/h2-9H,1H3. The molecule has 0 aromatic heterocycles. The third-order valence-electron chi connectivity index (χ3n) is 2.34. The Bertz CT molecular complexity index is 551. The zero-order valence-electron chi connectivity index (χ0n) is 9.70. The minimum Gasteiger partial charge on any atom is -0.493 e. The number of nitro groups is 1. The SMILES string of the molecule is COc1ccccc1Oc1ccc([N+](=O)[O-])cc1. The van der Waals surface area contributed by atoms with E-state index >= 15 is 0 Å². The van der Waals surface area contributed by atoms with Crippen LogP contribution in [-0.2, 0) is 0 Å². The van der Waals surface area contributed by atoms with Gasteiger partial charge in [-0.15, -0.1) is 0 Å². The highest BCUT2D eigenvalue weighted by molar-refractivity contribution is 5.44. The van der Waals surface area contributed by atoms with Gasteiger partial charge >= 0.3 is 0 Å². The van der Waals surface area contributed by atoms with Crippen LogP contribution in [0, 0.1) is 10.1 Å². The summed E-state index contributed by atoms with van der Waals surface area (Å²) in [5.41, 5.74) is 0.0300. The first-order chi connectivity index (χ1) is 8.70. The molecule has 0 atom stereocenters. The van der Waals surface area contributed by atoms with Crippen LogP contribution >= 0.6 is 0 Å². The smallest absolute Gasteiger partial charge is 0.269 e. The second kappa shape index (κ2) is 5.18. The van der Waals surface area contributed by atoms with Crippen LogP contribution in [0.2, 0.25) is 0 Å². The van der Waals surface area contributed by atoms with Crippen LogP contribution in [0.25, 0.3) is 0 Å². The Hall–Kier alpha value is -2.56. The topological polar surface area (TPSA) is 61.6 Å². The Kier molecular flexibility index (Phi) is 3.43. The monoisotopic (exact) mass is 245 g/mol. The van der Waals surface area contributed by atoms with Gasteiger partial charge in [-0.2, -0.15) is 0 Å². The highest BCUT2D eigenvalue weighted by atomic mass is 16.6. The molecule has 92 valence electrons. The summed E-state index contributed by atoms with van der Waals surface area (Å²) in [7, 11) is 1.55. The van der Waals surface area contributed by atoms with Gasteiger partial charge in [-0.05, 0) is 24.3 Å². The van der Waals surface area contributed by atoms with Crippen molar-refractivity contribution >= 4 is 5.69 Å². The van der Waals surface area contributed by atoms with Crippen molar-refractivity contribution in [3.63, 3.8) is 0 Å². The molecule has 0 aliphatic carbocycles. The Labute approximate surface area is 104 Å². The van der Waals surface area contributed by atoms with Crippen molar-refractivity contribution in [1.29, 1.82) is 0 Å². The van der Waals surface area contributed by atoms with Crippen molar-refractivity contribution < 1.29 is 14.4 Å². The molecule has 0 N–H and O–H groups in total. The van der Waals surface area contributed by atoms with Crippen LogP contribution in [0.4, 0.5) is 5.69 Å². The van der Waals surface area contributed by atoms with Gasteiger partial charge in [-0.3, -0.25) is 10.1 Å². The Balaban J connectivity index is 2.21. The number of non-ortho nitro benzene ring substituents is 1. The normalized spacial score (nSPS) is 9.83. The molecule has 0 saturated carbocycles. The van der Waals surface area contributed by atoms with E-state index in [-0.39, 0.29) is 5.69 Å². The Morgan fingerprint density at radius 1 is 1.00 bits per heavy atom. The summed E-state index contributed by atoms with van der Waals surface area (Å²) < 4.78 is 10.7. The number of methoxy groups -OCH3 is 1. The molecule has 0 radical (unpaired) electrons. The Morgan fingerprint density at radius 2 is 1.61 bits per heavy atom. The molecule has 0 bridgehead atoms. The highest BCUT2D eigenvalue weighted by Crippen LogP contribution is 2.31. The molecule has 2 aromatic carbocycles. The molecule has 0 unspecified atom stereocenters. The molecule has 0 amide bonds. The lowest BCUT2D eigenvalue weighted by Gasteiger charge is -2.09. The van der Waals surface area contributed by atoms with Crippen LogP contribution in [0.3, 0.4) is 0 Å². The summed E-state index contributed by atoms with van der Waals surface area (Å²) >= 11 is 0. The van der Waals surface area contributed by atoms with E-state index in [1.165, 1.54) is 12.1 Å². The van der Waals surface area contributed by atoms with Crippen molar-refractivity contribution in [3.05, 3.63) is 58.6 Å². The second-order valence-corrected chi connectivity index (χ2v) is 3.50. The average Bonchev–Trinajstić information content (AvgIpc) is 2.40. The molecule has 0 saturated heterocycles. The van der Waals surface area contributed by atoms with Gasteiger partial charge in [0.15, 0.2) is 11.5 Å². The number of hydrogen-bond acceptors (Lipinski definition) is 4. The molecule has 5 heteroatoms. The maximum atomic E-state index is 10.5. The summed E-state index contributed by atoms with van der Waals surface area (Å²) in [5.74, 6) is 1.69. The maximum Gasteiger partial charge on any atom is 0.269 e. The van der Waals surface area contributed by atoms with Crippen molar-refractivity contribution in [1.82, 2.24) is 0 Å². The zero-order valence-corrected chi connectivity index (χ0v) is 9.70. The van der Waals surface area contributed by atoms with Crippen LogP contribution in [0.1, 0.15) is 0 Å². The lowest BCUT2D eigenvalue weighted by Crippen LogP contribution is -1.91. The summed E-state index contributed by atoms with van der Waals surface area (Å²) in [6, 6.07) is 13.1. The van der Waals surface area contributed by atoms with Gasteiger partial charge in [-0.25, -0.2) is 0 Å². The molecule has 5 nitrogen and oxygen atoms in total. The number of rotatable bonds is 4. The molecule has 0 aliphatic rings. The maximum absolute atomic E-state index is 10.5. The van der Waals surface area contributed by atoms with Gasteiger partial charge < -0.3 is 9.47 Å². The molecule has 0 fully saturated rings. The van der Waals surface area contributed by atoms with E-state index in [4.69, 9.17) is 9.47 Å². The Morgan fingerprint density at radius 3 is 2.17 bits per heavy atom. The van der Waals surface area contributed by atoms with E-state index in [9.17, 15) is 10.1 Å². The zero-order chi connectivity index (χ0) is 13.0. The summed E-state index contributed by atoms with van der Waals surface area (Å²) in [6.07, 6.45) is 0. The molecule has 0 aliphatic heterocycles. The minimum atomic E-state index is -0.452. The minimum absolute atomic E-state index is 0.0300. The van der Waals surface area contributed by atoms with Crippen molar-refractivity contribution in [2.24, 2.45) is 0 Å². The van der Waals surface area contributed by atoms with Gasteiger partial charge in [0.2, 0.25) is 0 Å². The number of hydrogen-bond donors (Lipinski definition) is 0. The molecule has 0 spiro atoms. The molecule has 2 aromatic rings. The summed E-state index contributed by atoms with van der Waals surface area (Å²) in [5, 5.41) is 10.5. The first-order valence-corrected chi connectivity index (χ1v) is 5.26. The van der Waals surface area contributed by atoms with E-state index in [2.05, 4.69) is 0 Å². The van der Waals surface area contributed by atoms with Gasteiger partial charge in [0.25, 0.3) is 5.69 Å². The lowest BCUT2D eigenvalue weighted by atomic mass is 10.3. The number of nitro benzene ring substituents is 1. The van der Waals surface area contributed by atoms with Gasteiger partial charge in [-0.1, -0.05) is 12.1 Å². The average molecular weight is 245 g/mol. The van der Waals surface area contributed by atoms with Crippen LogP contribution in [0.15, 0.2) is 48.5 Å². The van der Waals surface area contributed by atoms with E-state index in [0.717, 1.165) is 0 Å². The highest BCUT2D eigenvalue weighted by Gasteiger charge is 2.07. The van der Waals surface area contributed by atoms with Crippen molar-refractivity contribution in [2.45, 2.75) is 0 Å². The molecular weight excluding hydrogens is 234 g/mol. The van der Waals surface area contributed by atoms with Crippen molar-refractivity contribution in [3.8, 4) is 17.2 Å². The summed E-state index contributed by atoms with van der Waals surface area (Å²) in [4.78, 5) is 10.1. The van der Waals surface area contributed by atoms with Gasteiger partial charge in [0.05, 0.1) is 12.0 Å². The lowest BCUT2D eigenvalue weighted by molar-refractivity contribution is -0.384. The fourth-order valence-corrected chi connectivity index (χ4v) is 1.47. The first kappa shape index (κ1) is 11.9. The molecule has 2 rings (SSSR count). The number of para-hydroxylation sites is 2. The number of benzene rings is 2. The largest absolute Gasteiger partial charge is 0.493 e. The van der Waals surface area contributed by atoms with Gasteiger partial charge in [0.1, 0.15) is 5.75 Å². The molecular formula is C13H11NO4. The third kappa shape index (κ3) is 2.57. The van der Waals surface area contributed by atoms with Crippen molar-refractivity contribution in [2.75, 3.05) is 7.11 Å². The van der Waals surface area contributed by atoms with Gasteiger partial charge in [0, 0.05) is 12.1 Å². The quantitative estimate of drug-likeness (QED) is 0.611. The predicted molar refractivity (Wildman–Crippen MR) is 66.2 cm³/mol. The summed E-state index contributed by atoms with van der Waals surface area (Å²) in [6.45, 7) is 0. The molecule has 18 heavy (non-hydrogen) atoms. The molecule has 0 heterocycles. The fourth-order valence-electron chi connectivity index (χ4n) is 1.47. The first-order valence-electron chi connectivity index (χ1n) is 5.26. The van der Waals surface area contributed by atoms with E-state index in [1.807, 2.05) is 12.1 Å². The second-order valence-electron chi connectivity index (χ2n) is 3.50.